The molecule has 4 heterocycles. The molecule has 1 N–H and O–H groups in total. The Hall–Kier alpha value is -5.20. The van der Waals surface area contributed by atoms with Crippen molar-refractivity contribution in [2.75, 3.05) is 33.0 Å². The molecule has 6 rings (SSSR count). The molecule has 0 bridgehead atoms. The summed E-state index contributed by atoms with van der Waals surface area (Å²) in [7, 11) is 0. The van der Waals surface area contributed by atoms with E-state index in [9.17, 15) is 19.2 Å². The van der Waals surface area contributed by atoms with E-state index in [1.165, 1.54) is 5.56 Å². The van der Waals surface area contributed by atoms with Gasteiger partial charge in [0.1, 0.15) is 35.9 Å². The number of carbonyl (C=O) groups is 4. The van der Waals surface area contributed by atoms with Crippen molar-refractivity contribution in [2.45, 2.75) is 58.8 Å². The molecule has 13 nitrogen and oxygen atoms in total. The molecular formula is C38H39N5O8S. The van der Waals surface area contributed by atoms with Gasteiger partial charge in [-0.05, 0) is 56.9 Å². The molecule has 2 aromatic heterocycles. The first-order valence-electron chi connectivity index (χ1n) is 17.0. The number of aryl methyl sites for hydroxylation is 1. The fourth-order valence-electron chi connectivity index (χ4n) is 6.15. The largest absolute Gasteiger partial charge is 0.490 e. The van der Waals surface area contributed by atoms with Crippen LogP contribution in [0.4, 0.5) is 0 Å². The molecule has 0 saturated carbocycles. The number of imide groups is 2. The lowest BCUT2D eigenvalue weighted by Gasteiger charge is -2.22. The summed E-state index contributed by atoms with van der Waals surface area (Å²) in [6, 6.07) is 14.6. The Labute approximate surface area is 305 Å². The van der Waals surface area contributed by atoms with Gasteiger partial charge in [-0.1, -0.05) is 48.2 Å². The average molecular weight is 726 g/mol. The van der Waals surface area contributed by atoms with Gasteiger partial charge < -0.3 is 18.9 Å². The van der Waals surface area contributed by atoms with Crippen molar-refractivity contribution in [1.29, 1.82) is 0 Å². The number of aromatic nitrogens is 3. The standard InChI is InChI=1S/C38H39N5O8S/c1-24(14-15-33(45)39-23-44)42-36(46)28-11-7-12-31(34(28)37(42)47)50-20-19-49-18-17-48-16-8-13-32-29(21-27-9-5-4-6-10-27)30-22-51-25(2)35-41-40-26(3)43(35)38(30)52-32/h4-7,9-12,23-25H,14-22H2,1-3H3,(H,39,44,45)/t24?,25-/m0/s1. The Morgan fingerprint density at radius 3 is 2.67 bits per heavy atom. The van der Waals surface area contributed by atoms with E-state index in [4.69, 9.17) is 18.9 Å². The zero-order valence-corrected chi connectivity index (χ0v) is 30.0. The molecule has 2 aliphatic rings. The minimum Gasteiger partial charge on any atom is -0.490 e. The van der Waals surface area contributed by atoms with Gasteiger partial charge in [-0.15, -0.1) is 21.5 Å². The third-order valence-electron chi connectivity index (χ3n) is 8.80. The van der Waals surface area contributed by atoms with Gasteiger partial charge >= 0.3 is 0 Å². The monoisotopic (exact) mass is 725 g/mol. The summed E-state index contributed by atoms with van der Waals surface area (Å²) in [4.78, 5) is 50.5. The number of nitrogens with one attached hydrogen (secondary N) is 1. The van der Waals surface area contributed by atoms with Crippen molar-refractivity contribution < 1.29 is 38.1 Å². The highest BCUT2D eigenvalue weighted by atomic mass is 32.1. The van der Waals surface area contributed by atoms with E-state index in [2.05, 4.69) is 44.1 Å². The summed E-state index contributed by atoms with van der Waals surface area (Å²) in [5.74, 6) is 6.95. The topological polar surface area (TPSA) is 151 Å². The smallest absolute Gasteiger partial charge is 0.265 e. The number of thiophene rings is 1. The third kappa shape index (κ3) is 7.98. The Kier molecular flexibility index (Phi) is 11.9. The highest BCUT2D eigenvalue weighted by Crippen LogP contribution is 2.39. The van der Waals surface area contributed by atoms with Crippen molar-refractivity contribution in [3.8, 4) is 22.6 Å². The maximum atomic E-state index is 13.2. The van der Waals surface area contributed by atoms with Crippen molar-refractivity contribution in [3.63, 3.8) is 0 Å². The Morgan fingerprint density at radius 1 is 1.08 bits per heavy atom. The zero-order valence-electron chi connectivity index (χ0n) is 29.2. The molecule has 0 spiro atoms. The van der Waals surface area contributed by atoms with E-state index in [-0.39, 0.29) is 55.6 Å². The molecule has 4 amide bonds. The quantitative estimate of drug-likeness (QED) is 0.0813. The minimum atomic E-state index is -0.548. The SMILES string of the molecule is Cc1nnc2n1-c1sc(C#CCOCCOCCOc3cccc4c3C(=O)N(C(C)CCC(=O)NC=O)C4=O)c(Cc3ccccc3)c1CO[C@H]2C. The van der Waals surface area contributed by atoms with Gasteiger partial charge in [0, 0.05) is 18.0 Å². The fourth-order valence-corrected chi connectivity index (χ4v) is 7.41. The molecule has 0 radical (unpaired) electrons. The van der Waals surface area contributed by atoms with Crippen molar-refractivity contribution in [1.82, 2.24) is 25.0 Å². The summed E-state index contributed by atoms with van der Waals surface area (Å²) in [5, 5.41) is 11.8. The van der Waals surface area contributed by atoms with Crippen molar-refractivity contribution >= 4 is 35.5 Å². The first-order chi connectivity index (χ1) is 25.3. The molecule has 1 unspecified atom stereocenters. The lowest BCUT2D eigenvalue weighted by atomic mass is 10.0. The lowest BCUT2D eigenvalue weighted by molar-refractivity contribution is -0.125. The lowest BCUT2D eigenvalue weighted by Crippen LogP contribution is -2.38. The van der Waals surface area contributed by atoms with Gasteiger partial charge in [-0.3, -0.25) is 34.0 Å². The number of nitrogens with zero attached hydrogens (tertiary/aromatic N) is 4. The summed E-state index contributed by atoms with van der Waals surface area (Å²) in [6.07, 6.45) is 1.06. The number of fused-ring (bicyclic) bond motifs is 4. The van der Waals surface area contributed by atoms with Gasteiger partial charge in [-0.25, -0.2) is 0 Å². The second kappa shape index (κ2) is 16.9. The van der Waals surface area contributed by atoms with E-state index in [1.807, 2.05) is 32.0 Å². The van der Waals surface area contributed by atoms with Crippen LogP contribution >= 0.6 is 11.3 Å². The molecule has 0 fully saturated rings. The molecule has 270 valence electrons. The number of ether oxygens (including phenoxy) is 4. The Bertz CT molecular complexity index is 2010. The predicted octanol–water partition coefficient (Wildman–Crippen LogP) is 4.32. The second-order valence-corrected chi connectivity index (χ2v) is 13.3. The van der Waals surface area contributed by atoms with Gasteiger partial charge in [-0.2, -0.15) is 0 Å². The molecule has 2 atom stereocenters. The van der Waals surface area contributed by atoms with Crippen LogP contribution in [0, 0.1) is 18.8 Å². The van der Waals surface area contributed by atoms with Gasteiger partial charge in [0.05, 0.1) is 42.4 Å². The first-order valence-corrected chi connectivity index (χ1v) is 17.8. The van der Waals surface area contributed by atoms with E-state index in [0.29, 0.717) is 26.2 Å². The normalized spacial score (nSPS) is 15.2. The maximum absolute atomic E-state index is 13.2. The van der Waals surface area contributed by atoms with Crippen molar-refractivity contribution in [3.05, 3.63) is 92.9 Å². The predicted molar refractivity (Wildman–Crippen MR) is 190 cm³/mol. The number of benzene rings is 2. The molecule has 2 aliphatic heterocycles. The molecule has 2 aromatic carbocycles. The van der Waals surface area contributed by atoms with Crippen LogP contribution in [-0.4, -0.2) is 82.9 Å². The highest BCUT2D eigenvalue weighted by Gasteiger charge is 2.40. The Morgan fingerprint density at radius 2 is 1.87 bits per heavy atom. The minimum absolute atomic E-state index is 0.00291. The van der Waals surface area contributed by atoms with Crippen LogP contribution < -0.4 is 10.1 Å². The molecular weight excluding hydrogens is 687 g/mol. The zero-order chi connectivity index (χ0) is 36.6. The van der Waals surface area contributed by atoms with E-state index >= 15 is 0 Å². The second-order valence-electron chi connectivity index (χ2n) is 12.3. The Balaban J connectivity index is 0.990. The fraction of sp³-hybridized carbons (Fsp3) is 0.368. The summed E-state index contributed by atoms with van der Waals surface area (Å²) < 4.78 is 25.5. The van der Waals surface area contributed by atoms with E-state index in [0.717, 1.165) is 44.0 Å². The van der Waals surface area contributed by atoms with Crippen LogP contribution in [-0.2, 0) is 36.8 Å². The third-order valence-corrected chi connectivity index (χ3v) is 9.98. The molecule has 4 aromatic rings. The number of rotatable bonds is 15. The molecule has 0 aliphatic carbocycles. The molecule has 0 saturated heterocycles. The van der Waals surface area contributed by atoms with Gasteiger partial charge in [0.25, 0.3) is 11.8 Å². The number of hydrogen-bond donors (Lipinski definition) is 1. The van der Waals surface area contributed by atoms with Crippen LogP contribution in [0.25, 0.3) is 5.00 Å². The van der Waals surface area contributed by atoms with Crippen LogP contribution in [0.1, 0.15) is 86.7 Å². The van der Waals surface area contributed by atoms with E-state index in [1.54, 1.807) is 36.5 Å². The van der Waals surface area contributed by atoms with Crippen LogP contribution in [0.2, 0.25) is 0 Å². The number of carbonyl (C=O) groups excluding carboxylic acids is 4. The van der Waals surface area contributed by atoms with E-state index < -0.39 is 23.8 Å². The summed E-state index contributed by atoms with van der Waals surface area (Å²) >= 11 is 1.61. The molecule has 14 heteroatoms. The number of hydrogen-bond acceptors (Lipinski definition) is 11. The van der Waals surface area contributed by atoms with Crippen LogP contribution in [0.5, 0.6) is 5.75 Å². The average Bonchev–Trinajstić information content (AvgIpc) is 3.74. The maximum Gasteiger partial charge on any atom is 0.265 e. The summed E-state index contributed by atoms with van der Waals surface area (Å²) in [5.41, 5.74) is 3.85. The van der Waals surface area contributed by atoms with Crippen LogP contribution in [0.3, 0.4) is 0 Å². The van der Waals surface area contributed by atoms with Gasteiger partial charge in [0.2, 0.25) is 12.3 Å². The first kappa shape index (κ1) is 36.6. The highest BCUT2D eigenvalue weighted by molar-refractivity contribution is 7.15. The number of amides is 4. The van der Waals surface area contributed by atoms with Gasteiger partial charge in [0.15, 0.2) is 5.82 Å². The van der Waals surface area contributed by atoms with Crippen molar-refractivity contribution in [2.24, 2.45) is 0 Å². The summed E-state index contributed by atoms with van der Waals surface area (Å²) in [6.45, 7) is 7.33. The van der Waals surface area contributed by atoms with Crippen LogP contribution in [0.15, 0.2) is 48.5 Å². The molecule has 52 heavy (non-hydrogen) atoms.